The van der Waals surface area contributed by atoms with Crippen LogP contribution < -0.4 is 10.1 Å². The van der Waals surface area contributed by atoms with Gasteiger partial charge in [-0.3, -0.25) is 9.59 Å². The lowest BCUT2D eigenvalue weighted by molar-refractivity contribution is -0.145. The fourth-order valence-electron chi connectivity index (χ4n) is 2.66. The third-order valence-corrected chi connectivity index (χ3v) is 4.18. The van der Waals surface area contributed by atoms with Crippen molar-refractivity contribution in [3.63, 3.8) is 0 Å². The van der Waals surface area contributed by atoms with Gasteiger partial charge in [0.15, 0.2) is 5.78 Å². The van der Waals surface area contributed by atoms with Crippen molar-refractivity contribution in [3.8, 4) is 5.75 Å². The van der Waals surface area contributed by atoms with Gasteiger partial charge in [-0.2, -0.15) is 0 Å². The van der Waals surface area contributed by atoms with E-state index >= 15 is 0 Å². The van der Waals surface area contributed by atoms with Crippen LogP contribution in [0.2, 0.25) is 0 Å². The molecule has 0 heterocycles. The van der Waals surface area contributed by atoms with E-state index in [1.165, 1.54) is 14.0 Å². The zero-order valence-corrected chi connectivity index (χ0v) is 16.1. The van der Waals surface area contributed by atoms with Crippen molar-refractivity contribution in [3.05, 3.63) is 65.7 Å². The second-order valence-electron chi connectivity index (χ2n) is 6.37. The number of rotatable bonds is 10. The number of esters is 1. The molecule has 0 saturated heterocycles. The molecular formula is C22H25NO5. The van der Waals surface area contributed by atoms with Gasteiger partial charge in [0.25, 0.3) is 0 Å². The summed E-state index contributed by atoms with van der Waals surface area (Å²) >= 11 is 0. The number of ether oxygens (including phenoxy) is 2. The molecule has 0 aliphatic heterocycles. The number of hydrogen-bond donors (Lipinski definition) is 1. The summed E-state index contributed by atoms with van der Waals surface area (Å²) in [5, 5.41) is 2.73. The van der Waals surface area contributed by atoms with E-state index in [2.05, 4.69) is 5.32 Å². The maximum absolute atomic E-state index is 12.2. The Morgan fingerprint density at radius 2 is 1.68 bits per heavy atom. The number of nitrogens with one attached hydrogen (secondary N) is 1. The minimum Gasteiger partial charge on any atom is -0.494 e. The van der Waals surface area contributed by atoms with Crippen LogP contribution in [0.5, 0.6) is 5.75 Å². The highest BCUT2D eigenvalue weighted by Crippen LogP contribution is 2.13. The number of ketones is 1. The van der Waals surface area contributed by atoms with Crippen molar-refractivity contribution >= 4 is 17.7 Å². The zero-order chi connectivity index (χ0) is 20.4. The van der Waals surface area contributed by atoms with E-state index in [0.717, 1.165) is 5.56 Å². The third kappa shape index (κ3) is 6.87. The SMILES string of the molecule is COC(=O)[C@H](Cc1ccccc1)NC(=O)CCCOc1ccc(C(C)=O)cc1. The fraction of sp³-hybridized carbons (Fsp3) is 0.318. The van der Waals surface area contributed by atoms with Gasteiger partial charge in [-0.1, -0.05) is 30.3 Å². The summed E-state index contributed by atoms with van der Waals surface area (Å²) in [6, 6.07) is 15.6. The summed E-state index contributed by atoms with van der Waals surface area (Å²) in [6.45, 7) is 1.86. The van der Waals surface area contributed by atoms with Crippen LogP contribution in [0.25, 0.3) is 0 Å². The highest BCUT2D eigenvalue weighted by Gasteiger charge is 2.21. The Morgan fingerprint density at radius 3 is 2.29 bits per heavy atom. The number of carbonyl (C=O) groups is 3. The molecule has 2 aromatic carbocycles. The molecule has 2 aromatic rings. The highest BCUT2D eigenvalue weighted by molar-refractivity contribution is 5.94. The zero-order valence-electron chi connectivity index (χ0n) is 16.1. The lowest BCUT2D eigenvalue weighted by Crippen LogP contribution is -2.43. The van der Waals surface area contributed by atoms with Crippen LogP contribution in [-0.4, -0.2) is 37.4 Å². The predicted octanol–water partition coefficient (Wildman–Crippen LogP) is 2.95. The maximum Gasteiger partial charge on any atom is 0.328 e. The molecule has 1 amide bonds. The first-order valence-corrected chi connectivity index (χ1v) is 9.14. The van der Waals surface area contributed by atoms with Crippen LogP contribution in [0.15, 0.2) is 54.6 Å². The Kier molecular flexibility index (Phi) is 8.21. The van der Waals surface area contributed by atoms with Crippen molar-refractivity contribution in [2.24, 2.45) is 0 Å². The van der Waals surface area contributed by atoms with Crippen molar-refractivity contribution in [1.29, 1.82) is 0 Å². The normalized spacial score (nSPS) is 11.4. The van der Waals surface area contributed by atoms with Crippen LogP contribution in [0.3, 0.4) is 0 Å². The van der Waals surface area contributed by atoms with E-state index in [9.17, 15) is 14.4 Å². The Morgan fingerprint density at radius 1 is 1.00 bits per heavy atom. The van der Waals surface area contributed by atoms with Gasteiger partial charge in [-0.05, 0) is 43.2 Å². The Hall–Kier alpha value is -3.15. The number of benzene rings is 2. The monoisotopic (exact) mass is 383 g/mol. The van der Waals surface area contributed by atoms with Gasteiger partial charge in [0.2, 0.25) is 5.91 Å². The fourth-order valence-corrected chi connectivity index (χ4v) is 2.66. The first kappa shape index (κ1) is 21.2. The quantitative estimate of drug-likeness (QED) is 0.388. The maximum atomic E-state index is 12.2. The van der Waals surface area contributed by atoms with E-state index in [1.54, 1.807) is 24.3 Å². The number of Topliss-reactive ketones (excluding diaryl/α,β-unsaturated/α-hetero) is 1. The van der Waals surface area contributed by atoms with Crippen molar-refractivity contribution in [1.82, 2.24) is 5.32 Å². The molecule has 0 bridgehead atoms. The lowest BCUT2D eigenvalue weighted by Gasteiger charge is -2.16. The number of carbonyl (C=O) groups excluding carboxylic acids is 3. The molecule has 2 rings (SSSR count). The van der Waals surface area contributed by atoms with Crippen molar-refractivity contribution in [2.75, 3.05) is 13.7 Å². The van der Waals surface area contributed by atoms with Crippen LogP contribution in [0.4, 0.5) is 0 Å². The van der Waals surface area contributed by atoms with Crippen LogP contribution in [0.1, 0.15) is 35.7 Å². The Balaban J connectivity index is 1.77. The van der Waals surface area contributed by atoms with E-state index < -0.39 is 12.0 Å². The molecule has 0 spiro atoms. The minimum atomic E-state index is -0.722. The summed E-state index contributed by atoms with van der Waals surface area (Å²) in [6.07, 6.45) is 1.10. The van der Waals surface area contributed by atoms with Gasteiger partial charge in [0.1, 0.15) is 11.8 Å². The molecule has 0 fully saturated rings. The summed E-state index contributed by atoms with van der Waals surface area (Å²) < 4.78 is 10.4. The smallest absolute Gasteiger partial charge is 0.328 e. The van der Waals surface area contributed by atoms with Gasteiger partial charge in [-0.15, -0.1) is 0 Å². The van der Waals surface area contributed by atoms with Gasteiger partial charge in [0.05, 0.1) is 13.7 Å². The third-order valence-electron chi connectivity index (χ3n) is 4.18. The largest absolute Gasteiger partial charge is 0.494 e. The lowest BCUT2D eigenvalue weighted by atomic mass is 10.1. The van der Waals surface area contributed by atoms with E-state index in [0.29, 0.717) is 30.8 Å². The van der Waals surface area contributed by atoms with Gasteiger partial charge in [-0.25, -0.2) is 4.79 Å². The Bertz CT molecular complexity index is 786. The minimum absolute atomic E-state index is 0.00103. The van der Waals surface area contributed by atoms with Crippen LogP contribution >= 0.6 is 0 Å². The molecule has 0 saturated carbocycles. The van der Waals surface area contributed by atoms with Gasteiger partial charge < -0.3 is 14.8 Å². The van der Waals surface area contributed by atoms with Gasteiger partial charge in [0, 0.05) is 18.4 Å². The Labute approximate surface area is 164 Å². The average Bonchev–Trinajstić information content (AvgIpc) is 2.71. The molecule has 0 aliphatic carbocycles. The topological polar surface area (TPSA) is 81.7 Å². The molecule has 148 valence electrons. The second kappa shape index (κ2) is 10.9. The summed E-state index contributed by atoms with van der Waals surface area (Å²) in [4.78, 5) is 35.4. The molecule has 6 nitrogen and oxygen atoms in total. The molecule has 0 radical (unpaired) electrons. The molecule has 0 aliphatic rings. The summed E-state index contributed by atoms with van der Waals surface area (Å²) in [7, 11) is 1.30. The summed E-state index contributed by atoms with van der Waals surface area (Å²) in [5.74, 6) is -0.0679. The standard InChI is InChI=1S/C22H25NO5/c1-16(24)18-10-12-19(13-11-18)28-14-6-9-21(25)23-20(22(26)27-2)15-17-7-4-3-5-8-17/h3-5,7-8,10-13,20H,6,9,14-15H2,1-2H3,(H,23,25)/t20-/m0/s1. The molecule has 1 N–H and O–H groups in total. The molecule has 1 atom stereocenters. The summed E-state index contributed by atoms with van der Waals surface area (Å²) in [5.41, 5.74) is 1.56. The van der Waals surface area contributed by atoms with E-state index in [1.807, 2.05) is 30.3 Å². The van der Waals surface area contributed by atoms with E-state index in [4.69, 9.17) is 9.47 Å². The first-order valence-electron chi connectivity index (χ1n) is 9.14. The van der Waals surface area contributed by atoms with E-state index in [-0.39, 0.29) is 18.1 Å². The molecule has 0 aromatic heterocycles. The highest BCUT2D eigenvalue weighted by atomic mass is 16.5. The predicted molar refractivity (Wildman–Crippen MR) is 105 cm³/mol. The molecule has 28 heavy (non-hydrogen) atoms. The first-order chi connectivity index (χ1) is 13.5. The second-order valence-corrected chi connectivity index (χ2v) is 6.37. The van der Waals surface area contributed by atoms with Crippen LogP contribution in [0, 0.1) is 0 Å². The van der Waals surface area contributed by atoms with Crippen molar-refractivity contribution < 1.29 is 23.9 Å². The molecule has 6 heteroatoms. The van der Waals surface area contributed by atoms with Gasteiger partial charge >= 0.3 is 5.97 Å². The van der Waals surface area contributed by atoms with Crippen LogP contribution in [-0.2, 0) is 20.7 Å². The molecule has 0 unspecified atom stereocenters. The number of amides is 1. The average molecular weight is 383 g/mol. The van der Waals surface area contributed by atoms with Crippen molar-refractivity contribution in [2.45, 2.75) is 32.2 Å². The number of hydrogen-bond acceptors (Lipinski definition) is 5. The molecular weight excluding hydrogens is 358 g/mol. The number of methoxy groups -OCH3 is 1.